The van der Waals surface area contributed by atoms with Crippen LogP contribution in [-0.2, 0) is 0 Å². The van der Waals surface area contributed by atoms with Crippen molar-refractivity contribution in [2.45, 2.75) is 0 Å². The summed E-state index contributed by atoms with van der Waals surface area (Å²) >= 11 is 0. The minimum atomic E-state index is -1.46. The van der Waals surface area contributed by atoms with Crippen LogP contribution in [0.15, 0.2) is 83.3 Å². The minimum absolute atomic E-state index is 0.476. The highest BCUT2D eigenvalue weighted by Gasteiger charge is 2.15. The van der Waals surface area contributed by atoms with Gasteiger partial charge in [-0.2, -0.15) is 0 Å². The van der Waals surface area contributed by atoms with E-state index in [1.165, 1.54) is 0 Å². The lowest BCUT2D eigenvalue weighted by atomic mass is 9.79. The lowest BCUT2D eigenvalue weighted by Crippen LogP contribution is -2.29. The van der Waals surface area contributed by atoms with Crippen molar-refractivity contribution in [2.24, 2.45) is 0 Å². The van der Waals surface area contributed by atoms with Gasteiger partial charge >= 0.3 is 7.12 Å². The van der Waals surface area contributed by atoms with E-state index in [2.05, 4.69) is 30.3 Å². The standard InChI is InChI=1S/C22H15BO3/c24-23(25)16-11-8-15(9-12-16)17-6-3-7-20-21(17)19-13-10-14-4-1-2-5-18(14)22(19)26-20/h1-13,24-25H. The number of benzene rings is 4. The van der Waals surface area contributed by atoms with Gasteiger partial charge in [0.15, 0.2) is 0 Å². The first kappa shape index (κ1) is 15.2. The van der Waals surface area contributed by atoms with Crippen molar-refractivity contribution < 1.29 is 14.5 Å². The van der Waals surface area contributed by atoms with Crippen molar-refractivity contribution in [2.75, 3.05) is 0 Å². The normalized spacial score (nSPS) is 11.5. The van der Waals surface area contributed by atoms with E-state index in [1.807, 2.05) is 36.4 Å². The van der Waals surface area contributed by atoms with Crippen molar-refractivity contribution >= 4 is 45.3 Å². The molecule has 124 valence electrons. The summed E-state index contributed by atoms with van der Waals surface area (Å²) in [4.78, 5) is 0. The van der Waals surface area contributed by atoms with Crippen LogP contribution >= 0.6 is 0 Å². The van der Waals surface area contributed by atoms with Crippen LogP contribution in [-0.4, -0.2) is 17.2 Å². The van der Waals surface area contributed by atoms with Crippen molar-refractivity contribution in [1.82, 2.24) is 0 Å². The number of hydrogen-bond donors (Lipinski definition) is 2. The Balaban J connectivity index is 1.82. The average Bonchev–Trinajstić information content (AvgIpc) is 3.07. The minimum Gasteiger partial charge on any atom is -0.455 e. The molecule has 5 aromatic rings. The quantitative estimate of drug-likeness (QED) is 0.477. The third-order valence-electron chi connectivity index (χ3n) is 4.91. The molecule has 0 spiro atoms. The predicted octanol–water partition coefficient (Wildman–Crippen LogP) is 4.09. The summed E-state index contributed by atoms with van der Waals surface area (Å²) in [5, 5.41) is 23.0. The molecule has 0 atom stereocenters. The first-order valence-corrected chi connectivity index (χ1v) is 8.52. The highest BCUT2D eigenvalue weighted by molar-refractivity contribution is 6.58. The van der Waals surface area contributed by atoms with Crippen LogP contribution in [0.4, 0.5) is 0 Å². The van der Waals surface area contributed by atoms with Crippen LogP contribution in [0.25, 0.3) is 43.8 Å². The summed E-state index contributed by atoms with van der Waals surface area (Å²) in [6.07, 6.45) is 0. The Morgan fingerprint density at radius 2 is 1.50 bits per heavy atom. The molecular weight excluding hydrogens is 323 g/mol. The maximum Gasteiger partial charge on any atom is 0.488 e. The first-order chi connectivity index (χ1) is 12.7. The molecule has 0 aliphatic heterocycles. The molecule has 0 radical (unpaired) electrons. The second kappa shape index (κ2) is 5.73. The molecule has 26 heavy (non-hydrogen) atoms. The molecule has 4 aromatic carbocycles. The molecule has 0 bridgehead atoms. The highest BCUT2D eigenvalue weighted by Crippen LogP contribution is 2.39. The van der Waals surface area contributed by atoms with Gasteiger partial charge in [-0.15, -0.1) is 0 Å². The van der Waals surface area contributed by atoms with E-state index in [4.69, 9.17) is 4.42 Å². The Kier molecular flexibility index (Phi) is 3.35. The van der Waals surface area contributed by atoms with Gasteiger partial charge in [-0.05, 0) is 34.1 Å². The number of furan rings is 1. The van der Waals surface area contributed by atoms with E-state index in [-0.39, 0.29) is 0 Å². The average molecular weight is 338 g/mol. The molecule has 0 saturated heterocycles. The number of rotatable bonds is 2. The summed E-state index contributed by atoms with van der Waals surface area (Å²) in [6.45, 7) is 0. The molecule has 5 rings (SSSR count). The fraction of sp³-hybridized carbons (Fsp3) is 0. The van der Waals surface area contributed by atoms with E-state index in [9.17, 15) is 10.0 Å². The lowest BCUT2D eigenvalue weighted by molar-refractivity contribution is 0.426. The molecule has 2 N–H and O–H groups in total. The summed E-state index contributed by atoms with van der Waals surface area (Å²) in [6, 6.07) is 25.8. The second-order valence-electron chi connectivity index (χ2n) is 6.44. The predicted molar refractivity (Wildman–Crippen MR) is 106 cm³/mol. The van der Waals surface area contributed by atoms with Crippen LogP contribution in [0.2, 0.25) is 0 Å². The fourth-order valence-electron chi connectivity index (χ4n) is 3.63. The Bertz CT molecular complexity index is 1250. The van der Waals surface area contributed by atoms with Gasteiger partial charge in [0.2, 0.25) is 0 Å². The van der Waals surface area contributed by atoms with Gasteiger partial charge in [-0.1, -0.05) is 66.7 Å². The van der Waals surface area contributed by atoms with Crippen molar-refractivity contribution in [1.29, 1.82) is 0 Å². The summed E-state index contributed by atoms with van der Waals surface area (Å²) in [5.74, 6) is 0. The molecule has 3 nitrogen and oxygen atoms in total. The van der Waals surface area contributed by atoms with Crippen LogP contribution in [0.5, 0.6) is 0 Å². The zero-order valence-electron chi connectivity index (χ0n) is 13.9. The molecule has 1 aromatic heterocycles. The first-order valence-electron chi connectivity index (χ1n) is 8.52. The maximum atomic E-state index is 9.31. The van der Waals surface area contributed by atoms with Gasteiger partial charge in [-0.3, -0.25) is 0 Å². The van der Waals surface area contributed by atoms with Crippen LogP contribution in [0, 0.1) is 0 Å². The molecule has 1 heterocycles. The molecule has 0 unspecified atom stereocenters. The largest absolute Gasteiger partial charge is 0.488 e. The summed E-state index contributed by atoms with van der Waals surface area (Å²) in [5.41, 5.74) is 4.29. The van der Waals surface area contributed by atoms with Gasteiger partial charge in [0.05, 0.1) is 0 Å². The Morgan fingerprint density at radius 3 is 2.31 bits per heavy atom. The molecule has 0 saturated carbocycles. The Labute approximate surface area is 150 Å². The van der Waals surface area contributed by atoms with Gasteiger partial charge in [0.1, 0.15) is 11.2 Å². The SMILES string of the molecule is OB(O)c1ccc(-c2cccc3oc4c5ccccc5ccc4c23)cc1. The van der Waals surface area contributed by atoms with Gasteiger partial charge in [0, 0.05) is 16.2 Å². The third kappa shape index (κ3) is 2.24. The number of fused-ring (bicyclic) bond motifs is 5. The van der Waals surface area contributed by atoms with Crippen molar-refractivity contribution in [3.05, 3.63) is 78.9 Å². The second-order valence-corrected chi connectivity index (χ2v) is 6.44. The van der Waals surface area contributed by atoms with Gasteiger partial charge < -0.3 is 14.5 Å². The van der Waals surface area contributed by atoms with Crippen molar-refractivity contribution in [3.63, 3.8) is 0 Å². The summed E-state index contributed by atoms with van der Waals surface area (Å²) < 4.78 is 6.21. The smallest absolute Gasteiger partial charge is 0.455 e. The zero-order valence-corrected chi connectivity index (χ0v) is 13.9. The third-order valence-corrected chi connectivity index (χ3v) is 4.91. The monoisotopic (exact) mass is 338 g/mol. The fourth-order valence-corrected chi connectivity index (χ4v) is 3.63. The van der Waals surface area contributed by atoms with E-state index >= 15 is 0 Å². The van der Waals surface area contributed by atoms with Crippen LogP contribution in [0.1, 0.15) is 0 Å². The Morgan fingerprint density at radius 1 is 0.692 bits per heavy atom. The van der Waals surface area contributed by atoms with E-state index in [0.29, 0.717) is 5.46 Å². The molecule has 0 fully saturated rings. The molecule has 0 aliphatic rings. The van der Waals surface area contributed by atoms with Gasteiger partial charge in [0.25, 0.3) is 0 Å². The highest BCUT2D eigenvalue weighted by atomic mass is 16.4. The van der Waals surface area contributed by atoms with Gasteiger partial charge in [-0.25, -0.2) is 0 Å². The topological polar surface area (TPSA) is 53.6 Å². The van der Waals surface area contributed by atoms with Crippen molar-refractivity contribution in [3.8, 4) is 11.1 Å². The zero-order chi connectivity index (χ0) is 17.7. The van der Waals surface area contributed by atoms with E-state index < -0.39 is 7.12 Å². The molecule has 0 aliphatic carbocycles. The van der Waals surface area contributed by atoms with Crippen LogP contribution < -0.4 is 5.46 Å². The summed E-state index contributed by atoms with van der Waals surface area (Å²) in [7, 11) is -1.46. The maximum absolute atomic E-state index is 9.31. The van der Waals surface area contributed by atoms with Crippen LogP contribution in [0.3, 0.4) is 0 Å². The molecule has 4 heteroatoms. The lowest BCUT2D eigenvalue weighted by Gasteiger charge is -2.06. The molecular formula is C22H15BO3. The molecule has 0 amide bonds. The number of hydrogen-bond acceptors (Lipinski definition) is 3. The van der Waals surface area contributed by atoms with E-state index in [1.54, 1.807) is 12.1 Å². The Hall–Kier alpha value is -3.08. The van der Waals surface area contributed by atoms with E-state index in [0.717, 1.165) is 43.8 Å².